The molecule has 0 fully saturated rings. The predicted octanol–water partition coefficient (Wildman–Crippen LogP) is 0.887. The molecule has 0 saturated carbocycles. The number of carbonyl (C=O) groups excluding carboxylic acids is 1. The van der Waals surface area contributed by atoms with Crippen LogP contribution in [-0.4, -0.2) is 29.6 Å². The number of nitrogens with two attached hydrogens (primary N) is 1. The molecule has 1 atom stereocenters. The van der Waals surface area contributed by atoms with Gasteiger partial charge in [0.1, 0.15) is 5.82 Å². The van der Waals surface area contributed by atoms with Crippen LogP contribution in [0.5, 0.6) is 0 Å². The standard InChI is InChI=1S/C16H16ClF4N5O5S/c1-3-7(2)23-32(30,31)24-14(28)8-4-11(10(18)5-9(8)17)25-13(27)6-12(16(19,20)21)26(22)15(25)29/h4-7,23H,3,22H2,1-2H3,(H,24,28). The third kappa shape index (κ3) is 5.28. The number of halogens is 5. The first-order valence-corrected chi connectivity index (χ1v) is 10.5. The van der Waals surface area contributed by atoms with Crippen LogP contribution in [0, 0.1) is 5.82 Å². The predicted molar refractivity (Wildman–Crippen MR) is 106 cm³/mol. The molecule has 0 aliphatic rings. The van der Waals surface area contributed by atoms with Gasteiger partial charge in [-0.25, -0.2) is 23.2 Å². The second kappa shape index (κ2) is 8.91. The van der Waals surface area contributed by atoms with Crippen LogP contribution in [0.4, 0.5) is 17.6 Å². The highest BCUT2D eigenvalue weighted by Crippen LogP contribution is 2.27. The number of amides is 1. The lowest BCUT2D eigenvalue weighted by atomic mass is 10.1. The van der Waals surface area contributed by atoms with Gasteiger partial charge in [-0.1, -0.05) is 18.5 Å². The molecule has 0 aliphatic heterocycles. The summed E-state index contributed by atoms with van der Waals surface area (Å²) in [5.41, 5.74) is -6.84. The van der Waals surface area contributed by atoms with Crippen LogP contribution in [0.3, 0.4) is 0 Å². The van der Waals surface area contributed by atoms with E-state index in [0.29, 0.717) is 18.6 Å². The van der Waals surface area contributed by atoms with Crippen molar-refractivity contribution in [1.29, 1.82) is 0 Å². The lowest BCUT2D eigenvalue weighted by Crippen LogP contribution is -2.45. The van der Waals surface area contributed by atoms with Gasteiger partial charge in [0.15, 0.2) is 5.69 Å². The van der Waals surface area contributed by atoms with Crippen LogP contribution in [0.1, 0.15) is 36.3 Å². The minimum atomic E-state index is -5.16. The molecule has 32 heavy (non-hydrogen) atoms. The number of carbonyl (C=O) groups is 1. The molecule has 4 N–H and O–H groups in total. The van der Waals surface area contributed by atoms with Gasteiger partial charge in [-0.05, 0) is 25.5 Å². The third-order valence-corrected chi connectivity index (χ3v) is 5.63. The molecule has 16 heteroatoms. The van der Waals surface area contributed by atoms with Crippen LogP contribution in [-0.2, 0) is 16.4 Å². The lowest BCUT2D eigenvalue weighted by molar-refractivity contribution is -0.143. The smallest absolute Gasteiger partial charge is 0.335 e. The molecule has 1 heterocycles. The van der Waals surface area contributed by atoms with E-state index in [2.05, 4.69) is 4.72 Å². The zero-order chi connectivity index (χ0) is 24.6. The maximum Gasteiger partial charge on any atom is 0.433 e. The van der Waals surface area contributed by atoms with E-state index in [-0.39, 0.29) is 10.6 Å². The molecular weight excluding hydrogens is 486 g/mol. The summed E-state index contributed by atoms with van der Waals surface area (Å²) in [6.45, 7) is 3.19. The normalized spacial score (nSPS) is 13.1. The van der Waals surface area contributed by atoms with Gasteiger partial charge < -0.3 is 5.84 Å². The van der Waals surface area contributed by atoms with E-state index in [9.17, 15) is 40.4 Å². The number of nitrogens with one attached hydrogen (secondary N) is 2. The number of nitrogens with zero attached hydrogens (tertiary/aromatic N) is 2. The Hall–Kier alpha value is -2.91. The Kier molecular flexibility index (Phi) is 7.06. The molecule has 1 aromatic carbocycles. The van der Waals surface area contributed by atoms with Gasteiger partial charge in [-0.15, -0.1) is 0 Å². The molecule has 1 aromatic heterocycles. The molecule has 1 unspecified atom stereocenters. The van der Waals surface area contributed by atoms with Gasteiger partial charge >= 0.3 is 22.1 Å². The number of hydrogen-bond acceptors (Lipinski definition) is 6. The summed E-state index contributed by atoms with van der Waals surface area (Å²) in [5, 5.41) is -0.601. The van der Waals surface area contributed by atoms with Crippen LogP contribution >= 0.6 is 11.6 Å². The second-order valence-electron chi connectivity index (χ2n) is 6.50. The van der Waals surface area contributed by atoms with E-state index in [0.717, 1.165) is 0 Å². The molecule has 2 aromatic rings. The van der Waals surface area contributed by atoms with Crippen molar-refractivity contribution < 1.29 is 30.8 Å². The molecule has 176 valence electrons. The van der Waals surface area contributed by atoms with Crippen LogP contribution in [0.15, 0.2) is 27.8 Å². The van der Waals surface area contributed by atoms with Crippen LogP contribution < -0.4 is 26.5 Å². The average molecular weight is 502 g/mol. The summed E-state index contributed by atoms with van der Waals surface area (Å²) in [5.74, 6) is 2.38. The van der Waals surface area contributed by atoms with Gasteiger partial charge in [0.2, 0.25) is 0 Å². The topological polar surface area (TPSA) is 145 Å². The van der Waals surface area contributed by atoms with Crippen molar-refractivity contribution in [1.82, 2.24) is 18.7 Å². The highest BCUT2D eigenvalue weighted by molar-refractivity contribution is 7.88. The molecule has 2 rings (SSSR count). The van der Waals surface area contributed by atoms with Crippen molar-refractivity contribution in [2.75, 3.05) is 5.84 Å². The van der Waals surface area contributed by atoms with Gasteiger partial charge in [0, 0.05) is 12.1 Å². The summed E-state index contributed by atoms with van der Waals surface area (Å²) in [6.07, 6.45) is -4.77. The first-order chi connectivity index (χ1) is 14.6. The monoisotopic (exact) mass is 501 g/mol. The SMILES string of the molecule is CCC(C)NS(=O)(=O)NC(=O)c1cc(-n2c(=O)cc(C(F)(F)F)n(N)c2=O)c(F)cc1Cl. The summed E-state index contributed by atoms with van der Waals surface area (Å²) < 4.78 is 80.5. The molecule has 0 aliphatic carbocycles. The molecule has 0 radical (unpaired) electrons. The highest BCUT2D eigenvalue weighted by atomic mass is 35.5. The summed E-state index contributed by atoms with van der Waals surface area (Å²) in [7, 11) is -4.37. The van der Waals surface area contributed by atoms with Crippen molar-refractivity contribution >= 4 is 27.7 Å². The Morgan fingerprint density at radius 3 is 2.38 bits per heavy atom. The quantitative estimate of drug-likeness (QED) is 0.396. The molecule has 0 saturated heterocycles. The zero-order valence-electron chi connectivity index (χ0n) is 16.3. The first kappa shape index (κ1) is 25.4. The Morgan fingerprint density at radius 2 is 1.84 bits per heavy atom. The largest absolute Gasteiger partial charge is 0.433 e. The average Bonchev–Trinajstić information content (AvgIpc) is 2.64. The van der Waals surface area contributed by atoms with Gasteiger partial charge in [0.25, 0.3) is 11.5 Å². The van der Waals surface area contributed by atoms with Crippen molar-refractivity contribution in [2.24, 2.45) is 0 Å². The number of alkyl halides is 3. The van der Waals surface area contributed by atoms with Crippen molar-refractivity contribution in [3.8, 4) is 5.69 Å². The zero-order valence-corrected chi connectivity index (χ0v) is 17.9. The van der Waals surface area contributed by atoms with Crippen molar-refractivity contribution in [3.63, 3.8) is 0 Å². The van der Waals surface area contributed by atoms with Gasteiger partial charge in [-0.3, -0.25) is 9.59 Å². The molecular formula is C16H16ClF4N5O5S. The number of hydrogen-bond donors (Lipinski definition) is 3. The fourth-order valence-electron chi connectivity index (χ4n) is 2.43. The minimum Gasteiger partial charge on any atom is -0.335 e. The highest BCUT2D eigenvalue weighted by Gasteiger charge is 2.36. The molecule has 0 spiro atoms. The third-order valence-electron chi connectivity index (χ3n) is 4.15. The van der Waals surface area contributed by atoms with E-state index >= 15 is 0 Å². The molecule has 0 bridgehead atoms. The van der Waals surface area contributed by atoms with Crippen LogP contribution in [0.25, 0.3) is 5.69 Å². The first-order valence-electron chi connectivity index (χ1n) is 8.64. The van der Waals surface area contributed by atoms with Gasteiger partial charge in [0.05, 0.1) is 16.3 Å². The lowest BCUT2D eigenvalue weighted by Gasteiger charge is -2.16. The number of benzene rings is 1. The maximum absolute atomic E-state index is 14.4. The Bertz CT molecular complexity index is 1290. The van der Waals surface area contributed by atoms with E-state index < -0.39 is 72.0 Å². The molecule has 10 nitrogen and oxygen atoms in total. The van der Waals surface area contributed by atoms with E-state index in [4.69, 9.17) is 17.4 Å². The van der Waals surface area contributed by atoms with E-state index in [1.165, 1.54) is 6.92 Å². The maximum atomic E-state index is 14.4. The number of nitrogen functional groups attached to an aromatic ring is 1. The van der Waals surface area contributed by atoms with Crippen molar-refractivity contribution in [3.05, 3.63) is 61.1 Å². The Balaban J connectivity index is 2.62. The molecule has 1 amide bonds. The van der Waals surface area contributed by atoms with Gasteiger partial charge in [-0.2, -0.15) is 26.3 Å². The minimum absolute atomic E-state index is 0.0459. The van der Waals surface area contributed by atoms with E-state index in [1.54, 1.807) is 11.6 Å². The summed E-state index contributed by atoms with van der Waals surface area (Å²) in [4.78, 5) is 36.8. The summed E-state index contributed by atoms with van der Waals surface area (Å²) in [6, 6.07) is 0.413. The van der Waals surface area contributed by atoms with Crippen molar-refractivity contribution in [2.45, 2.75) is 32.5 Å². The second-order valence-corrected chi connectivity index (χ2v) is 8.35. The number of aromatic nitrogens is 2. The fraction of sp³-hybridized carbons (Fsp3) is 0.312. The van der Waals surface area contributed by atoms with E-state index in [1.807, 2.05) is 0 Å². The van der Waals surface area contributed by atoms with Crippen LogP contribution in [0.2, 0.25) is 5.02 Å². The fourth-order valence-corrected chi connectivity index (χ4v) is 3.78. The Morgan fingerprint density at radius 1 is 1.25 bits per heavy atom. The Labute approximate surface area is 182 Å². The number of rotatable bonds is 6. The summed E-state index contributed by atoms with van der Waals surface area (Å²) >= 11 is 5.78.